The average molecular weight is 302 g/mol. The molecule has 20 heavy (non-hydrogen) atoms. The highest BCUT2D eigenvalue weighted by Gasteiger charge is 2.11. The first-order chi connectivity index (χ1) is 9.48. The van der Waals surface area contributed by atoms with E-state index in [1.165, 1.54) is 50.5 Å². The first-order valence-corrected chi connectivity index (χ1v) is 9.36. The second kappa shape index (κ2) is 12.4. The van der Waals surface area contributed by atoms with Crippen molar-refractivity contribution in [2.24, 2.45) is 0 Å². The molecule has 0 rings (SSSR count). The van der Waals surface area contributed by atoms with Gasteiger partial charge in [-0.2, -0.15) is 0 Å². The molecule has 1 N–H and O–H groups in total. The highest BCUT2D eigenvalue weighted by Crippen LogP contribution is 2.42. The van der Waals surface area contributed by atoms with Crippen molar-refractivity contribution in [2.75, 3.05) is 6.61 Å². The van der Waals surface area contributed by atoms with E-state index in [9.17, 15) is 4.57 Å². The largest absolute Gasteiger partial charge is 0.351 e. The molecule has 0 aliphatic heterocycles. The van der Waals surface area contributed by atoms with E-state index in [0.717, 1.165) is 18.7 Å². The number of allylic oxidation sites excluding steroid dienone is 2. The van der Waals surface area contributed by atoms with Gasteiger partial charge in [0, 0.05) is 5.82 Å². The summed E-state index contributed by atoms with van der Waals surface area (Å²) >= 11 is 0. The van der Waals surface area contributed by atoms with Gasteiger partial charge in [0.15, 0.2) is 0 Å². The van der Waals surface area contributed by atoms with E-state index in [1.54, 1.807) is 0 Å². The van der Waals surface area contributed by atoms with E-state index >= 15 is 0 Å². The molecule has 0 aromatic heterocycles. The molecule has 0 saturated heterocycles. The van der Waals surface area contributed by atoms with Crippen molar-refractivity contribution < 1.29 is 14.0 Å². The van der Waals surface area contributed by atoms with Crippen LogP contribution in [0.5, 0.6) is 0 Å². The molecule has 4 heteroatoms. The monoisotopic (exact) mass is 302 g/mol. The Labute approximate surface area is 124 Å². The Morgan fingerprint density at radius 2 is 1.55 bits per heavy atom. The maximum absolute atomic E-state index is 11.1. The van der Waals surface area contributed by atoms with E-state index in [4.69, 9.17) is 9.42 Å². The van der Waals surface area contributed by atoms with Crippen molar-refractivity contribution in [1.82, 2.24) is 0 Å². The summed E-state index contributed by atoms with van der Waals surface area (Å²) in [5.74, 6) is 0.988. The fourth-order valence-corrected chi connectivity index (χ4v) is 2.44. The van der Waals surface area contributed by atoms with E-state index in [1.807, 2.05) is 0 Å². The topological polar surface area (TPSA) is 46.5 Å². The Morgan fingerprint density at radius 3 is 2.05 bits per heavy atom. The lowest BCUT2D eigenvalue weighted by Gasteiger charge is -2.07. The predicted molar refractivity (Wildman–Crippen MR) is 87.0 cm³/mol. The van der Waals surface area contributed by atoms with E-state index < -0.39 is 7.60 Å². The number of rotatable bonds is 13. The quantitative estimate of drug-likeness (QED) is 0.265. The van der Waals surface area contributed by atoms with Gasteiger partial charge < -0.3 is 9.42 Å². The second-order valence-electron chi connectivity index (χ2n) is 5.48. The standard InChI is InChI=1S/C16H31O3P/c1-4-20(17,18)19-15-13-11-9-7-5-6-8-10-12-14-16(2)3/h4,14H,1,5-13,15H2,2-3H3,(H,17,18). The lowest BCUT2D eigenvalue weighted by Crippen LogP contribution is -1.91. The second-order valence-corrected chi connectivity index (χ2v) is 7.23. The van der Waals surface area contributed by atoms with E-state index in [-0.39, 0.29) is 0 Å². The summed E-state index contributed by atoms with van der Waals surface area (Å²) in [6, 6.07) is 0. The summed E-state index contributed by atoms with van der Waals surface area (Å²) in [7, 11) is -3.50. The Hall–Kier alpha value is -0.370. The fraction of sp³-hybridized carbons (Fsp3) is 0.750. The van der Waals surface area contributed by atoms with Crippen LogP contribution in [0.15, 0.2) is 24.0 Å². The first-order valence-electron chi connectivity index (χ1n) is 7.72. The molecule has 3 nitrogen and oxygen atoms in total. The van der Waals surface area contributed by atoms with Crippen LogP contribution in [0.1, 0.15) is 71.6 Å². The highest BCUT2D eigenvalue weighted by molar-refractivity contribution is 7.56. The van der Waals surface area contributed by atoms with Crippen LogP contribution in [-0.2, 0) is 9.09 Å². The molecule has 1 atom stereocenters. The lowest BCUT2D eigenvalue weighted by atomic mass is 10.1. The first kappa shape index (κ1) is 19.6. The summed E-state index contributed by atoms with van der Waals surface area (Å²) in [6.45, 7) is 7.91. The van der Waals surface area contributed by atoms with E-state index in [0.29, 0.717) is 6.61 Å². The van der Waals surface area contributed by atoms with Gasteiger partial charge in [0.1, 0.15) is 0 Å². The zero-order valence-electron chi connectivity index (χ0n) is 13.1. The van der Waals surface area contributed by atoms with Gasteiger partial charge in [0.25, 0.3) is 0 Å². The van der Waals surface area contributed by atoms with Crippen LogP contribution < -0.4 is 0 Å². The summed E-state index contributed by atoms with van der Waals surface area (Å²) in [4.78, 5) is 9.11. The molecular formula is C16H31O3P. The van der Waals surface area contributed by atoms with E-state index in [2.05, 4.69) is 26.5 Å². The third kappa shape index (κ3) is 14.0. The molecule has 0 aromatic rings. The summed E-state index contributed by atoms with van der Waals surface area (Å²) in [5.41, 5.74) is 1.41. The lowest BCUT2D eigenvalue weighted by molar-refractivity contribution is 0.260. The SMILES string of the molecule is C=CP(=O)(O)OCCCCCCCCCCC=C(C)C. The summed E-state index contributed by atoms with van der Waals surface area (Å²) in [6.07, 6.45) is 13.1. The van der Waals surface area contributed by atoms with Crippen LogP contribution in [0, 0.1) is 0 Å². The molecule has 0 spiro atoms. The summed E-state index contributed by atoms with van der Waals surface area (Å²) in [5, 5.41) is 0. The van der Waals surface area contributed by atoms with Gasteiger partial charge >= 0.3 is 7.60 Å². The summed E-state index contributed by atoms with van der Waals surface area (Å²) < 4.78 is 16.0. The minimum Gasteiger partial charge on any atom is -0.321 e. The molecule has 118 valence electrons. The van der Waals surface area contributed by atoms with Crippen LogP contribution >= 0.6 is 7.60 Å². The third-order valence-electron chi connectivity index (χ3n) is 3.16. The molecule has 0 aliphatic carbocycles. The minimum absolute atomic E-state index is 0.350. The van der Waals surface area contributed by atoms with Crippen molar-refractivity contribution in [3.05, 3.63) is 24.0 Å². The minimum atomic E-state index is -3.50. The van der Waals surface area contributed by atoms with Gasteiger partial charge in [-0.1, -0.05) is 56.8 Å². The molecular weight excluding hydrogens is 271 g/mol. The van der Waals surface area contributed by atoms with Crippen molar-refractivity contribution >= 4 is 7.60 Å². The fourth-order valence-electron chi connectivity index (χ4n) is 1.95. The highest BCUT2D eigenvalue weighted by atomic mass is 31.2. The molecule has 0 fully saturated rings. The van der Waals surface area contributed by atoms with Crippen molar-refractivity contribution in [3.8, 4) is 0 Å². The zero-order chi connectivity index (χ0) is 15.3. The maximum atomic E-state index is 11.1. The number of unbranched alkanes of at least 4 members (excludes halogenated alkanes) is 8. The van der Waals surface area contributed by atoms with Crippen LogP contribution in [-0.4, -0.2) is 11.5 Å². The smallest absolute Gasteiger partial charge is 0.321 e. The van der Waals surface area contributed by atoms with Crippen molar-refractivity contribution in [3.63, 3.8) is 0 Å². The molecule has 0 amide bonds. The normalized spacial score (nSPS) is 13.8. The van der Waals surface area contributed by atoms with Crippen LogP contribution in [0.2, 0.25) is 0 Å². The van der Waals surface area contributed by atoms with Crippen LogP contribution in [0.25, 0.3) is 0 Å². The van der Waals surface area contributed by atoms with Crippen molar-refractivity contribution in [1.29, 1.82) is 0 Å². The Kier molecular flexibility index (Phi) is 12.1. The van der Waals surface area contributed by atoms with Crippen LogP contribution in [0.3, 0.4) is 0 Å². The van der Waals surface area contributed by atoms with Gasteiger partial charge in [0.05, 0.1) is 6.61 Å². The zero-order valence-corrected chi connectivity index (χ0v) is 14.0. The van der Waals surface area contributed by atoms with Gasteiger partial charge in [-0.15, -0.1) is 0 Å². The maximum Gasteiger partial charge on any atom is 0.351 e. The van der Waals surface area contributed by atoms with Crippen LogP contribution in [0.4, 0.5) is 0 Å². The van der Waals surface area contributed by atoms with Gasteiger partial charge in [-0.05, 0) is 33.1 Å². The molecule has 1 unspecified atom stereocenters. The van der Waals surface area contributed by atoms with Gasteiger partial charge in [0.2, 0.25) is 0 Å². The number of hydrogen-bond donors (Lipinski definition) is 1. The molecule has 0 radical (unpaired) electrons. The average Bonchev–Trinajstić information content (AvgIpc) is 2.39. The Bertz CT molecular complexity index is 320. The van der Waals surface area contributed by atoms with Gasteiger partial charge in [-0.3, -0.25) is 4.57 Å². The molecule has 0 heterocycles. The molecule has 0 aliphatic rings. The molecule has 0 saturated carbocycles. The molecule has 0 bridgehead atoms. The predicted octanol–water partition coefficient (Wildman–Crippen LogP) is 5.81. The Morgan fingerprint density at radius 1 is 1.05 bits per heavy atom. The molecule has 0 aromatic carbocycles. The van der Waals surface area contributed by atoms with Gasteiger partial charge in [-0.25, -0.2) is 0 Å². The number of hydrogen-bond acceptors (Lipinski definition) is 2. The third-order valence-corrected chi connectivity index (χ3v) is 4.17. The Balaban J connectivity index is 3.20. The van der Waals surface area contributed by atoms with Crippen molar-refractivity contribution in [2.45, 2.75) is 71.6 Å².